The molecule has 0 heterocycles. The van der Waals surface area contributed by atoms with Crippen molar-refractivity contribution in [3.63, 3.8) is 0 Å². The predicted octanol–water partition coefficient (Wildman–Crippen LogP) is 2.85. The zero-order valence-corrected chi connectivity index (χ0v) is 15.8. The fraction of sp³-hybridized carbons (Fsp3) is 0.850. The van der Waals surface area contributed by atoms with Gasteiger partial charge in [-0.05, 0) is 62.4 Å². The molecule has 0 aromatic carbocycles. The monoisotopic (exact) mass is 338 g/mol. The number of hydrogen-bond acceptors (Lipinski definition) is 4. The highest BCUT2D eigenvalue weighted by atomic mass is 16.4. The van der Waals surface area contributed by atoms with Crippen LogP contribution in [0.4, 0.5) is 0 Å². The molecule has 1 saturated carbocycles. The van der Waals surface area contributed by atoms with E-state index in [1.807, 2.05) is 6.92 Å². The van der Waals surface area contributed by atoms with Gasteiger partial charge in [0.2, 0.25) is 0 Å². The van der Waals surface area contributed by atoms with E-state index in [-0.39, 0.29) is 28.4 Å². The summed E-state index contributed by atoms with van der Waals surface area (Å²) in [7, 11) is 0. The van der Waals surface area contributed by atoms with Gasteiger partial charge in [-0.1, -0.05) is 32.8 Å². The summed E-state index contributed by atoms with van der Waals surface area (Å²) in [4.78, 5) is 12.8. The second-order valence-electron chi connectivity index (χ2n) is 9.22. The van der Waals surface area contributed by atoms with Gasteiger partial charge in [-0.25, -0.2) is 0 Å². The lowest BCUT2D eigenvalue weighted by atomic mass is 9.47. The molecule has 5 atom stereocenters. The summed E-state index contributed by atoms with van der Waals surface area (Å²) >= 11 is 0. The minimum Gasteiger partial charge on any atom is -0.394 e. The first-order chi connectivity index (χ1) is 11.0. The number of aliphatic hydroxyl groups excluding tert-OH is 2. The lowest BCUT2D eigenvalue weighted by molar-refractivity contribution is -0.137. The minimum atomic E-state index is -1.31. The third-order valence-electron chi connectivity index (χ3n) is 6.81. The van der Waals surface area contributed by atoms with Crippen LogP contribution in [0, 0.1) is 22.7 Å². The highest BCUT2D eigenvalue weighted by Gasteiger charge is 2.55. The Hall–Kier alpha value is -0.710. The van der Waals surface area contributed by atoms with E-state index in [1.165, 1.54) is 0 Å². The average molecular weight is 338 g/mol. The lowest BCUT2D eigenvalue weighted by Gasteiger charge is -2.56. The summed E-state index contributed by atoms with van der Waals surface area (Å²) in [6.07, 6.45) is 4.99. The number of rotatable bonds is 5. The van der Waals surface area contributed by atoms with Gasteiger partial charge in [0.05, 0.1) is 12.2 Å². The molecule has 2 rings (SSSR count). The molecule has 4 heteroatoms. The summed E-state index contributed by atoms with van der Waals surface area (Å²) in [5, 5.41) is 29.4. The van der Waals surface area contributed by atoms with Crippen LogP contribution in [0.2, 0.25) is 0 Å². The first-order valence-corrected chi connectivity index (χ1v) is 9.19. The summed E-state index contributed by atoms with van der Waals surface area (Å²) in [5.74, 6) is 0.482. The van der Waals surface area contributed by atoms with Crippen molar-refractivity contribution < 1.29 is 20.1 Å². The third-order valence-corrected chi connectivity index (χ3v) is 6.81. The molecule has 3 N–H and O–H groups in total. The average Bonchev–Trinajstić information content (AvgIpc) is 2.43. The number of carbonyl (C=O) groups excluding carboxylic acids is 1. The summed E-state index contributed by atoms with van der Waals surface area (Å²) in [6.45, 7) is 9.77. The SMILES string of the molecule is CC1=CC(=O)[C@@H]2C(C)(C)CCC[C@]2(C)[C@@H]1CC[C@](C)(O)[C@@H](O)CO. The molecule has 0 unspecified atom stereocenters. The molecule has 0 aromatic heterocycles. The van der Waals surface area contributed by atoms with E-state index in [4.69, 9.17) is 5.11 Å². The molecule has 0 aliphatic heterocycles. The zero-order chi connectivity index (χ0) is 18.3. The molecular weight excluding hydrogens is 304 g/mol. The molecular formula is C20H34O4. The Morgan fingerprint density at radius 1 is 1.33 bits per heavy atom. The number of allylic oxidation sites excluding steroid dienone is 2. The van der Waals surface area contributed by atoms with Crippen LogP contribution >= 0.6 is 0 Å². The van der Waals surface area contributed by atoms with Crippen molar-refractivity contribution in [3.8, 4) is 0 Å². The molecule has 0 spiro atoms. The Kier molecular flexibility index (Phi) is 5.35. The maximum absolute atomic E-state index is 12.8. The van der Waals surface area contributed by atoms with Crippen LogP contribution < -0.4 is 0 Å². The number of hydrogen-bond donors (Lipinski definition) is 3. The number of aliphatic hydroxyl groups is 3. The van der Waals surface area contributed by atoms with Crippen molar-refractivity contribution in [2.75, 3.05) is 6.61 Å². The van der Waals surface area contributed by atoms with E-state index >= 15 is 0 Å². The zero-order valence-electron chi connectivity index (χ0n) is 15.8. The van der Waals surface area contributed by atoms with Crippen molar-refractivity contribution in [1.29, 1.82) is 0 Å². The van der Waals surface area contributed by atoms with Gasteiger partial charge in [-0.3, -0.25) is 4.79 Å². The van der Waals surface area contributed by atoms with Crippen LogP contribution in [-0.2, 0) is 4.79 Å². The topological polar surface area (TPSA) is 77.8 Å². The van der Waals surface area contributed by atoms with E-state index < -0.39 is 18.3 Å². The normalized spacial score (nSPS) is 36.5. The van der Waals surface area contributed by atoms with E-state index in [9.17, 15) is 15.0 Å². The Bertz CT molecular complexity index is 520. The van der Waals surface area contributed by atoms with Gasteiger partial charge in [-0.2, -0.15) is 0 Å². The second kappa shape index (κ2) is 6.54. The standard InChI is InChI=1S/C20H34O4/c1-13-11-15(22)17-18(2,3)8-6-9-19(17,4)14(13)7-10-20(5,24)16(23)12-21/h11,14,16-17,21,23-24H,6-10,12H2,1-5H3/t14-,16+,17-,19-,20+/m1/s1. The smallest absolute Gasteiger partial charge is 0.159 e. The highest BCUT2D eigenvalue weighted by Crippen LogP contribution is 2.59. The van der Waals surface area contributed by atoms with Gasteiger partial charge >= 0.3 is 0 Å². The fourth-order valence-electron chi connectivity index (χ4n) is 5.48. The van der Waals surface area contributed by atoms with Gasteiger partial charge in [0.25, 0.3) is 0 Å². The van der Waals surface area contributed by atoms with Gasteiger partial charge in [0.15, 0.2) is 5.78 Å². The first kappa shape index (κ1) is 19.6. The van der Waals surface area contributed by atoms with Crippen molar-refractivity contribution in [2.45, 2.75) is 78.4 Å². The quantitative estimate of drug-likeness (QED) is 0.720. The highest BCUT2D eigenvalue weighted by molar-refractivity contribution is 5.94. The minimum absolute atomic E-state index is 0.00728. The second-order valence-corrected chi connectivity index (χ2v) is 9.22. The van der Waals surface area contributed by atoms with Crippen molar-refractivity contribution in [1.82, 2.24) is 0 Å². The van der Waals surface area contributed by atoms with Crippen LogP contribution in [0.1, 0.15) is 66.7 Å². The molecule has 2 aliphatic rings. The molecule has 0 bridgehead atoms. The molecule has 138 valence electrons. The Morgan fingerprint density at radius 2 is 1.96 bits per heavy atom. The Balaban J connectivity index is 2.28. The van der Waals surface area contributed by atoms with Crippen molar-refractivity contribution in [3.05, 3.63) is 11.6 Å². The van der Waals surface area contributed by atoms with E-state index in [0.717, 1.165) is 24.8 Å². The molecule has 1 fully saturated rings. The van der Waals surface area contributed by atoms with E-state index in [2.05, 4.69) is 20.8 Å². The van der Waals surface area contributed by atoms with E-state index in [1.54, 1.807) is 13.0 Å². The lowest BCUT2D eigenvalue weighted by Crippen LogP contribution is -2.53. The van der Waals surface area contributed by atoms with E-state index in [0.29, 0.717) is 12.8 Å². The first-order valence-electron chi connectivity index (χ1n) is 9.19. The third kappa shape index (κ3) is 3.33. The molecule has 2 aliphatic carbocycles. The van der Waals surface area contributed by atoms with Gasteiger partial charge in [0.1, 0.15) is 6.10 Å². The molecule has 4 nitrogen and oxygen atoms in total. The molecule has 0 radical (unpaired) electrons. The van der Waals surface area contributed by atoms with Crippen molar-refractivity contribution in [2.24, 2.45) is 22.7 Å². The molecule has 0 aromatic rings. The largest absolute Gasteiger partial charge is 0.394 e. The van der Waals surface area contributed by atoms with Crippen molar-refractivity contribution >= 4 is 5.78 Å². The van der Waals surface area contributed by atoms with Crippen LogP contribution in [0.25, 0.3) is 0 Å². The maximum atomic E-state index is 12.8. The maximum Gasteiger partial charge on any atom is 0.159 e. The van der Waals surface area contributed by atoms with Crippen LogP contribution in [0.5, 0.6) is 0 Å². The van der Waals surface area contributed by atoms with Gasteiger partial charge in [-0.15, -0.1) is 0 Å². The molecule has 0 amide bonds. The fourth-order valence-corrected chi connectivity index (χ4v) is 5.48. The number of carbonyl (C=O) groups is 1. The molecule has 24 heavy (non-hydrogen) atoms. The van der Waals surface area contributed by atoms with Gasteiger partial charge in [0, 0.05) is 5.92 Å². The number of fused-ring (bicyclic) bond motifs is 1. The van der Waals surface area contributed by atoms with Crippen LogP contribution in [-0.4, -0.2) is 39.4 Å². The van der Waals surface area contributed by atoms with Crippen LogP contribution in [0.3, 0.4) is 0 Å². The predicted molar refractivity (Wildman–Crippen MR) is 94.4 cm³/mol. The summed E-state index contributed by atoms with van der Waals surface area (Å²) in [6, 6.07) is 0. The Labute approximate surface area is 146 Å². The van der Waals surface area contributed by atoms with Gasteiger partial charge < -0.3 is 15.3 Å². The summed E-state index contributed by atoms with van der Waals surface area (Å²) < 4.78 is 0. The molecule has 0 saturated heterocycles. The van der Waals surface area contributed by atoms with Crippen LogP contribution in [0.15, 0.2) is 11.6 Å². The Morgan fingerprint density at radius 3 is 2.54 bits per heavy atom. The summed E-state index contributed by atoms with van der Waals surface area (Å²) in [5.41, 5.74) is -0.331. The number of ketones is 1.